The lowest BCUT2D eigenvalue weighted by Crippen LogP contribution is -2.20. The van der Waals surface area contributed by atoms with Crippen LogP contribution in [0, 0.1) is 6.92 Å². The van der Waals surface area contributed by atoms with Gasteiger partial charge in [0.05, 0.1) is 28.7 Å². The number of aromatic nitrogens is 4. The monoisotopic (exact) mass is 343 g/mol. The van der Waals surface area contributed by atoms with Gasteiger partial charge in [-0.25, -0.2) is 19.6 Å². The Bertz CT molecular complexity index is 1050. The van der Waals surface area contributed by atoms with E-state index in [2.05, 4.69) is 19.7 Å². The number of primary amides is 1. The minimum absolute atomic E-state index is 0.0658. The summed E-state index contributed by atoms with van der Waals surface area (Å²) in [5, 5.41) is 9.02. The van der Waals surface area contributed by atoms with E-state index in [4.69, 9.17) is 10.8 Å². The van der Waals surface area contributed by atoms with Crippen molar-refractivity contribution in [2.24, 2.45) is 5.73 Å². The van der Waals surface area contributed by atoms with Crippen molar-refractivity contribution in [2.45, 2.75) is 13.5 Å². The molecule has 0 fully saturated rings. The van der Waals surface area contributed by atoms with Crippen molar-refractivity contribution in [2.75, 3.05) is 0 Å². The number of amides is 1. The molecule has 1 amide bonds. The van der Waals surface area contributed by atoms with E-state index >= 15 is 0 Å². The molecular formula is C15H13N5O5. The largest absolute Gasteiger partial charge is 0.476 e. The maximum absolute atomic E-state index is 11.7. The number of nitrogens with two attached hydrogens (primary N) is 1. The number of imidazole rings is 1. The van der Waals surface area contributed by atoms with Crippen molar-refractivity contribution in [3.63, 3.8) is 0 Å². The van der Waals surface area contributed by atoms with Gasteiger partial charge in [-0.05, 0) is 24.6 Å². The van der Waals surface area contributed by atoms with E-state index in [0.717, 1.165) is 5.56 Å². The van der Waals surface area contributed by atoms with Gasteiger partial charge in [0.2, 0.25) is 5.69 Å². The van der Waals surface area contributed by atoms with E-state index in [9.17, 15) is 14.4 Å². The first-order chi connectivity index (χ1) is 11.8. The third-order valence-corrected chi connectivity index (χ3v) is 3.49. The number of fused-ring (bicyclic) bond motifs is 1. The quantitative estimate of drug-likeness (QED) is 0.630. The fourth-order valence-corrected chi connectivity index (χ4v) is 2.37. The van der Waals surface area contributed by atoms with E-state index in [0.29, 0.717) is 22.4 Å². The molecule has 4 N–H and O–H groups in total. The molecule has 2 aromatic heterocycles. The topological polar surface area (TPSA) is 153 Å². The highest BCUT2D eigenvalue weighted by atomic mass is 16.5. The number of hydrogen-bond acceptors (Lipinski definition) is 6. The number of carbonyl (C=O) groups excluding carboxylic acids is 1. The Morgan fingerprint density at radius 1 is 1.40 bits per heavy atom. The van der Waals surface area contributed by atoms with E-state index in [1.165, 1.54) is 6.33 Å². The lowest BCUT2D eigenvalue weighted by molar-refractivity contribution is 0.0688. The average Bonchev–Trinajstić information content (AvgIpc) is 3.00. The molecule has 3 rings (SSSR count). The molecule has 3 aromatic rings. The van der Waals surface area contributed by atoms with Crippen LogP contribution in [-0.4, -0.2) is 36.7 Å². The van der Waals surface area contributed by atoms with Gasteiger partial charge < -0.3 is 25.1 Å². The molecule has 10 nitrogen and oxygen atoms in total. The van der Waals surface area contributed by atoms with Crippen molar-refractivity contribution >= 4 is 23.1 Å². The summed E-state index contributed by atoms with van der Waals surface area (Å²) in [6.07, 6.45) is 2.25. The van der Waals surface area contributed by atoms with Crippen molar-refractivity contribution in [1.29, 1.82) is 0 Å². The van der Waals surface area contributed by atoms with Gasteiger partial charge in [0.25, 0.3) is 5.56 Å². The number of carbonyl (C=O) groups is 2. The number of nitrogens with zero attached hydrogens (tertiary/aromatic N) is 3. The Morgan fingerprint density at radius 3 is 2.84 bits per heavy atom. The highest BCUT2D eigenvalue weighted by Crippen LogP contribution is 2.20. The van der Waals surface area contributed by atoms with Crippen LogP contribution in [0.15, 0.2) is 29.5 Å². The maximum atomic E-state index is 11.7. The maximum Gasteiger partial charge on any atom is 0.404 e. The number of carboxylic acids is 1. The van der Waals surface area contributed by atoms with Gasteiger partial charge in [0.15, 0.2) is 0 Å². The van der Waals surface area contributed by atoms with Crippen LogP contribution in [0.25, 0.3) is 16.7 Å². The Balaban J connectivity index is 2.05. The van der Waals surface area contributed by atoms with E-state index in [1.807, 2.05) is 6.92 Å². The zero-order chi connectivity index (χ0) is 18.1. The molecule has 0 aliphatic rings. The lowest BCUT2D eigenvalue weighted by atomic mass is 10.1. The van der Waals surface area contributed by atoms with E-state index in [-0.39, 0.29) is 6.61 Å². The summed E-state index contributed by atoms with van der Waals surface area (Å²) in [7, 11) is 0. The molecule has 0 radical (unpaired) electrons. The first-order valence-electron chi connectivity index (χ1n) is 7.08. The second-order valence-electron chi connectivity index (χ2n) is 5.26. The Morgan fingerprint density at radius 2 is 2.16 bits per heavy atom. The molecule has 0 saturated heterocycles. The summed E-state index contributed by atoms with van der Waals surface area (Å²) in [4.78, 5) is 43.9. The molecule has 2 heterocycles. The molecular weight excluding hydrogens is 330 g/mol. The third kappa shape index (κ3) is 3.17. The summed E-state index contributed by atoms with van der Waals surface area (Å²) in [5.74, 6) is -1.40. The molecule has 128 valence electrons. The number of ether oxygens (including phenoxy) is 1. The van der Waals surface area contributed by atoms with Crippen LogP contribution in [0.3, 0.4) is 0 Å². The fourth-order valence-electron chi connectivity index (χ4n) is 2.37. The highest BCUT2D eigenvalue weighted by molar-refractivity contribution is 5.88. The first-order valence-corrected chi connectivity index (χ1v) is 7.08. The predicted octanol–water partition coefficient (Wildman–Crippen LogP) is 0.711. The Hall–Kier alpha value is -3.69. The summed E-state index contributed by atoms with van der Waals surface area (Å²) >= 11 is 0. The lowest BCUT2D eigenvalue weighted by Gasteiger charge is -2.08. The molecule has 0 bridgehead atoms. The summed E-state index contributed by atoms with van der Waals surface area (Å²) in [5.41, 5.74) is 6.28. The van der Waals surface area contributed by atoms with E-state index < -0.39 is 23.3 Å². The van der Waals surface area contributed by atoms with Gasteiger partial charge in [-0.2, -0.15) is 0 Å². The number of hydrogen-bond donors (Lipinski definition) is 3. The third-order valence-electron chi connectivity index (χ3n) is 3.49. The van der Waals surface area contributed by atoms with Gasteiger partial charge in [-0.15, -0.1) is 0 Å². The zero-order valence-corrected chi connectivity index (χ0v) is 13.0. The summed E-state index contributed by atoms with van der Waals surface area (Å²) in [6.45, 7) is 1.75. The van der Waals surface area contributed by atoms with Gasteiger partial charge in [-0.3, -0.25) is 4.79 Å². The molecule has 0 aliphatic heterocycles. The molecule has 0 spiro atoms. The number of rotatable bonds is 4. The van der Waals surface area contributed by atoms with Crippen LogP contribution in [0.5, 0.6) is 0 Å². The van der Waals surface area contributed by atoms with Crippen LogP contribution in [0.1, 0.15) is 21.7 Å². The van der Waals surface area contributed by atoms with Crippen molar-refractivity contribution in [3.8, 4) is 5.69 Å². The number of nitrogens with one attached hydrogen (secondary N) is 1. The van der Waals surface area contributed by atoms with Gasteiger partial charge >= 0.3 is 12.1 Å². The van der Waals surface area contributed by atoms with Crippen LogP contribution in [0.4, 0.5) is 4.79 Å². The second-order valence-corrected chi connectivity index (χ2v) is 5.26. The predicted molar refractivity (Wildman–Crippen MR) is 85.6 cm³/mol. The number of aromatic carboxylic acids is 1. The highest BCUT2D eigenvalue weighted by Gasteiger charge is 2.14. The van der Waals surface area contributed by atoms with Crippen molar-refractivity contribution in [3.05, 3.63) is 52.0 Å². The van der Waals surface area contributed by atoms with Crippen LogP contribution in [0.2, 0.25) is 0 Å². The SMILES string of the molecule is Cc1cc2[nH]c(=O)c(C(=O)O)nc2cc1-n1cnc(COC(N)=O)c1. The van der Waals surface area contributed by atoms with Crippen molar-refractivity contribution in [1.82, 2.24) is 19.5 Å². The Kier molecular flexibility index (Phi) is 3.93. The minimum Gasteiger partial charge on any atom is -0.476 e. The number of aryl methyl sites for hydroxylation is 1. The smallest absolute Gasteiger partial charge is 0.404 e. The fraction of sp³-hybridized carbons (Fsp3) is 0.133. The second kappa shape index (κ2) is 6.07. The van der Waals surface area contributed by atoms with E-state index in [1.54, 1.807) is 22.9 Å². The molecule has 0 unspecified atom stereocenters. The molecule has 0 atom stereocenters. The van der Waals surface area contributed by atoms with Crippen molar-refractivity contribution < 1.29 is 19.4 Å². The van der Waals surface area contributed by atoms with Crippen LogP contribution >= 0.6 is 0 Å². The molecule has 1 aromatic carbocycles. The number of carboxylic acid groups (broad SMARTS) is 1. The Labute approximate surface area is 139 Å². The average molecular weight is 343 g/mol. The van der Waals surface area contributed by atoms with Crippen LogP contribution in [-0.2, 0) is 11.3 Å². The standard InChI is InChI=1S/C15H13N5O5/c1-7-2-9-10(18-12(14(22)23)13(21)19-9)3-11(7)20-4-8(17-6-20)5-25-15(16)24/h2-4,6H,5H2,1H3,(H2,16,24)(H,19,21)(H,22,23). The normalized spacial score (nSPS) is 10.8. The molecule has 10 heteroatoms. The summed E-state index contributed by atoms with van der Waals surface area (Å²) < 4.78 is 6.35. The minimum atomic E-state index is -1.40. The molecule has 25 heavy (non-hydrogen) atoms. The summed E-state index contributed by atoms with van der Waals surface area (Å²) in [6, 6.07) is 3.32. The van der Waals surface area contributed by atoms with Gasteiger partial charge in [0.1, 0.15) is 6.61 Å². The van der Waals surface area contributed by atoms with Crippen LogP contribution < -0.4 is 11.3 Å². The first kappa shape index (κ1) is 16.2. The number of H-pyrrole nitrogens is 1. The molecule has 0 aliphatic carbocycles. The van der Waals surface area contributed by atoms with Gasteiger partial charge in [0, 0.05) is 6.20 Å². The number of benzene rings is 1. The molecule has 0 saturated carbocycles. The number of aromatic amines is 1. The zero-order valence-electron chi connectivity index (χ0n) is 13.0. The van der Waals surface area contributed by atoms with Gasteiger partial charge in [-0.1, -0.05) is 0 Å².